The summed E-state index contributed by atoms with van der Waals surface area (Å²) in [4.78, 5) is 24.1. The highest BCUT2D eigenvalue weighted by atomic mass is 16.5. The molecule has 5 nitrogen and oxygen atoms in total. The van der Waals surface area contributed by atoms with E-state index >= 15 is 0 Å². The number of ether oxygens (including phenoxy) is 1. The Morgan fingerprint density at radius 3 is 2.86 bits per heavy atom. The maximum absolute atomic E-state index is 11.3. The van der Waals surface area contributed by atoms with Gasteiger partial charge in [0.25, 0.3) is 0 Å². The van der Waals surface area contributed by atoms with Crippen LogP contribution in [0.15, 0.2) is 0 Å². The number of hydrogen-bond donors (Lipinski definition) is 1. The minimum absolute atomic E-state index is 0.00783. The van der Waals surface area contributed by atoms with Crippen LogP contribution in [0.5, 0.6) is 0 Å². The molecule has 1 fully saturated rings. The number of carbonyl (C=O) groups is 2. The maximum Gasteiger partial charge on any atom is 0.310 e. The molecule has 1 saturated heterocycles. The third-order valence-corrected chi connectivity index (χ3v) is 2.48. The molecular weight excluding hydrogens is 184 g/mol. The molecule has 14 heavy (non-hydrogen) atoms. The van der Waals surface area contributed by atoms with Crippen LogP contribution >= 0.6 is 0 Å². The molecule has 0 aromatic rings. The van der Waals surface area contributed by atoms with Crippen molar-refractivity contribution in [1.82, 2.24) is 4.90 Å². The highest BCUT2D eigenvalue weighted by Crippen LogP contribution is 2.17. The number of piperidine rings is 1. The first kappa shape index (κ1) is 11.0. The van der Waals surface area contributed by atoms with Crippen molar-refractivity contribution in [3.8, 4) is 0 Å². The van der Waals surface area contributed by atoms with Gasteiger partial charge in [0.1, 0.15) is 0 Å². The van der Waals surface area contributed by atoms with Crippen LogP contribution in [0.3, 0.4) is 0 Å². The van der Waals surface area contributed by atoms with Crippen LogP contribution in [0.25, 0.3) is 0 Å². The molecule has 0 radical (unpaired) electrons. The van der Waals surface area contributed by atoms with Gasteiger partial charge < -0.3 is 15.4 Å². The van der Waals surface area contributed by atoms with Gasteiger partial charge in [0, 0.05) is 13.1 Å². The summed E-state index contributed by atoms with van der Waals surface area (Å²) >= 11 is 0. The Balaban J connectivity index is 2.51. The van der Waals surface area contributed by atoms with E-state index < -0.39 is 0 Å². The second kappa shape index (κ2) is 4.95. The molecule has 1 heterocycles. The average molecular weight is 200 g/mol. The van der Waals surface area contributed by atoms with Crippen molar-refractivity contribution in [2.24, 2.45) is 11.7 Å². The van der Waals surface area contributed by atoms with Crippen molar-refractivity contribution in [3.05, 3.63) is 0 Å². The Hall–Kier alpha value is -1.10. The van der Waals surface area contributed by atoms with E-state index in [-0.39, 0.29) is 24.3 Å². The van der Waals surface area contributed by atoms with E-state index in [0.29, 0.717) is 13.1 Å². The van der Waals surface area contributed by atoms with Gasteiger partial charge in [-0.25, -0.2) is 0 Å². The first-order valence-electron chi connectivity index (χ1n) is 4.74. The fourth-order valence-corrected chi connectivity index (χ4v) is 1.69. The Labute approximate surface area is 83.2 Å². The van der Waals surface area contributed by atoms with Crippen LogP contribution in [-0.2, 0) is 14.3 Å². The third-order valence-electron chi connectivity index (χ3n) is 2.48. The van der Waals surface area contributed by atoms with Crippen LogP contribution in [0, 0.1) is 5.92 Å². The van der Waals surface area contributed by atoms with Gasteiger partial charge in [-0.1, -0.05) is 0 Å². The summed E-state index contributed by atoms with van der Waals surface area (Å²) in [6.45, 7) is 1.15. The number of methoxy groups -OCH3 is 1. The number of esters is 1. The monoisotopic (exact) mass is 200 g/mol. The normalized spacial score (nSPS) is 21.9. The summed E-state index contributed by atoms with van der Waals surface area (Å²) in [6.07, 6.45) is 1.63. The first-order valence-corrected chi connectivity index (χ1v) is 4.74. The van der Waals surface area contributed by atoms with Gasteiger partial charge in [0.05, 0.1) is 19.6 Å². The summed E-state index contributed by atoms with van der Waals surface area (Å²) in [5, 5.41) is 0. The standard InChI is InChI=1S/C9H16N2O3/c1-14-9(13)7-3-2-4-11(6-7)8(12)5-10/h7H,2-6,10H2,1H3. The molecule has 0 aromatic heterocycles. The minimum Gasteiger partial charge on any atom is -0.469 e. The summed E-state index contributed by atoms with van der Waals surface area (Å²) in [5.41, 5.74) is 5.25. The summed E-state index contributed by atoms with van der Waals surface area (Å²) in [5.74, 6) is -0.512. The second-order valence-electron chi connectivity index (χ2n) is 3.41. The number of hydrogen-bond acceptors (Lipinski definition) is 4. The van der Waals surface area contributed by atoms with Crippen molar-refractivity contribution < 1.29 is 14.3 Å². The molecule has 0 bridgehead atoms. The van der Waals surface area contributed by atoms with Crippen molar-refractivity contribution >= 4 is 11.9 Å². The van der Waals surface area contributed by atoms with Crippen LogP contribution in [-0.4, -0.2) is 43.5 Å². The zero-order chi connectivity index (χ0) is 10.6. The number of carbonyl (C=O) groups excluding carboxylic acids is 2. The number of rotatable bonds is 2. The lowest BCUT2D eigenvalue weighted by molar-refractivity contribution is -0.148. The zero-order valence-corrected chi connectivity index (χ0v) is 8.36. The molecule has 2 N–H and O–H groups in total. The molecular formula is C9H16N2O3. The molecule has 0 aliphatic carbocycles. The number of likely N-dealkylation sites (tertiary alicyclic amines) is 1. The predicted molar refractivity (Wildman–Crippen MR) is 50.4 cm³/mol. The highest BCUT2D eigenvalue weighted by molar-refractivity contribution is 5.79. The summed E-state index contributed by atoms with van der Waals surface area (Å²) < 4.78 is 4.64. The Morgan fingerprint density at radius 1 is 1.57 bits per heavy atom. The molecule has 0 spiro atoms. The first-order chi connectivity index (χ1) is 6.69. The smallest absolute Gasteiger partial charge is 0.310 e. The molecule has 1 aliphatic heterocycles. The molecule has 0 saturated carbocycles. The van der Waals surface area contributed by atoms with Gasteiger partial charge in [-0.2, -0.15) is 0 Å². The average Bonchev–Trinajstić information content (AvgIpc) is 2.27. The van der Waals surface area contributed by atoms with Crippen LogP contribution in [0.1, 0.15) is 12.8 Å². The van der Waals surface area contributed by atoms with Crippen LogP contribution in [0.4, 0.5) is 0 Å². The summed E-state index contributed by atoms with van der Waals surface area (Å²) in [7, 11) is 1.37. The quantitative estimate of drug-likeness (QED) is 0.602. The molecule has 1 unspecified atom stereocenters. The van der Waals surface area contributed by atoms with Gasteiger partial charge in [0.2, 0.25) is 5.91 Å². The van der Waals surface area contributed by atoms with E-state index in [1.807, 2.05) is 0 Å². The van der Waals surface area contributed by atoms with Gasteiger partial charge in [0.15, 0.2) is 0 Å². The van der Waals surface area contributed by atoms with E-state index in [4.69, 9.17) is 5.73 Å². The molecule has 80 valence electrons. The maximum atomic E-state index is 11.3. The van der Waals surface area contributed by atoms with E-state index in [2.05, 4.69) is 4.74 Å². The lowest BCUT2D eigenvalue weighted by atomic mass is 9.98. The Bertz CT molecular complexity index is 208. The van der Waals surface area contributed by atoms with Gasteiger partial charge >= 0.3 is 5.97 Å². The zero-order valence-electron chi connectivity index (χ0n) is 8.36. The number of nitrogens with two attached hydrogens (primary N) is 1. The highest BCUT2D eigenvalue weighted by Gasteiger charge is 2.28. The minimum atomic E-state index is -0.237. The SMILES string of the molecule is COC(=O)C1CCCN(C(=O)CN)C1. The van der Waals surface area contributed by atoms with E-state index in [1.54, 1.807) is 4.90 Å². The van der Waals surface area contributed by atoms with Crippen LogP contribution < -0.4 is 5.73 Å². The van der Waals surface area contributed by atoms with Crippen molar-refractivity contribution in [2.45, 2.75) is 12.8 Å². The summed E-state index contributed by atoms with van der Waals surface area (Å²) in [6, 6.07) is 0. The van der Waals surface area contributed by atoms with Crippen molar-refractivity contribution in [1.29, 1.82) is 0 Å². The molecule has 5 heteroatoms. The number of nitrogens with zero attached hydrogens (tertiary/aromatic N) is 1. The fourth-order valence-electron chi connectivity index (χ4n) is 1.69. The van der Waals surface area contributed by atoms with Gasteiger partial charge in [-0.3, -0.25) is 9.59 Å². The lowest BCUT2D eigenvalue weighted by Gasteiger charge is -2.30. The Kier molecular flexibility index (Phi) is 3.88. The van der Waals surface area contributed by atoms with E-state index in [9.17, 15) is 9.59 Å². The fraction of sp³-hybridized carbons (Fsp3) is 0.778. The molecule has 1 atom stereocenters. The van der Waals surface area contributed by atoms with Crippen LogP contribution in [0.2, 0.25) is 0 Å². The van der Waals surface area contributed by atoms with Gasteiger partial charge in [-0.15, -0.1) is 0 Å². The molecule has 0 aromatic carbocycles. The van der Waals surface area contributed by atoms with Gasteiger partial charge in [-0.05, 0) is 12.8 Å². The number of amides is 1. The molecule has 1 aliphatic rings. The van der Waals surface area contributed by atoms with Crippen molar-refractivity contribution in [2.75, 3.05) is 26.7 Å². The van der Waals surface area contributed by atoms with E-state index in [0.717, 1.165) is 12.8 Å². The predicted octanol–water partition coefficient (Wildman–Crippen LogP) is -0.643. The second-order valence-corrected chi connectivity index (χ2v) is 3.41. The lowest BCUT2D eigenvalue weighted by Crippen LogP contribution is -2.45. The topological polar surface area (TPSA) is 72.6 Å². The third kappa shape index (κ3) is 2.45. The molecule has 1 amide bonds. The van der Waals surface area contributed by atoms with E-state index in [1.165, 1.54) is 7.11 Å². The molecule has 1 rings (SSSR count). The largest absolute Gasteiger partial charge is 0.469 e. The Morgan fingerprint density at radius 2 is 2.29 bits per heavy atom. The van der Waals surface area contributed by atoms with Crippen molar-refractivity contribution in [3.63, 3.8) is 0 Å².